The Balaban J connectivity index is 1.77. The number of nitrogens with one attached hydrogen (secondary N) is 2. The molecule has 0 spiro atoms. The Morgan fingerprint density at radius 1 is 1.08 bits per heavy atom. The third-order valence-corrected chi connectivity index (χ3v) is 4.12. The van der Waals surface area contributed by atoms with E-state index in [0.717, 1.165) is 5.56 Å². The van der Waals surface area contributed by atoms with Gasteiger partial charge in [0.05, 0.1) is 15.7 Å². The first-order chi connectivity index (χ1) is 12.5. The van der Waals surface area contributed by atoms with Crippen LogP contribution >= 0.6 is 23.2 Å². The molecule has 0 unspecified atom stereocenters. The van der Waals surface area contributed by atoms with Gasteiger partial charge in [0.15, 0.2) is 0 Å². The lowest BCUT2D eigenvalue weighted by atomic mass is 10.2. The SMILES string of the molecule is Cc1cc(C(=O)Nc2c(Cl)cccc2Cl)nc(NCc2ccncc2)n1. The van der Waals surface area contributed by atoms with Gasteiger partial charge in [-0.1, -0.05) is 29.3 Å². The zero-order valence-corrected chi connectivity index (χ0v) is 15.3. The monoisotopic (exact) mass is 387 g/mol. The summed E-state index contributed by atoms with van der Waals surface area (Å²) >= 11 is 12.2. The predicted molar refractivity (Wildman–Crippen MR) is 103 cm³/mol. The Morgan fingerprint density at radius 3 is 2.46 bits per heavy atom. The summed E-state index contributed by atoms with van der Waals surface area (Å²) in [6.45, 7) is 2.31. The number of para-hydroxylation sites is 1. The van der Waals surface area contributed by atoms with Crippen LogP contribution in [0.25, 0.3) is 0 Å². The van der Waals surface area contributed by atoms with Gasteiger partial charge in [0, 0.05) is 24.6 Å². The quantitative estimate of drug-likeness (QED) is 0.679. The van der Waals surface area contributed by atoms with Gasteiger partial charge in [0.2, 0.25) is 5.95 Å². The largest absolute Gasteiger partial charge is 0.350 e. The summed E-state index contributed by atoms with van der Waals surface area (Å²) in [5.74, 6) is -0.0605. The number of aryl methyl sites for hydroxylation is 1. The van der Waals surface area contributed by atoms with Crippen molar-refractivity contribution in [3.05, 3.63) is 75.8 Å². The van der Waals surface area contributed by atoms with Crippen LogP contribution in [-0.4, -0.2) is 20.9 Å². The van der Waals surface area contributed by atoms with E-state index >= 15 is 0 Å². The minimum atomic E-state index is -0.419. The first kappa shape index (κ1) is 18.1. The molecule has 0 saturated heterocycles. The fourth-order valence-corrected chi connectivity index (χ4v) is 2.73. The molecule has 0 radical (unpaired) electrons. The van der Waals surface area contributed by atoms with Gasteiger partial charge in [-0.15, -0.1) is 0 Å². The molecule has 0 aliphatic carbocycles. The second kappa shape index (κ2) is 8.12. The zero-order chi connectivity index (χ0) is 18.5. The number of nitrogens with zero attached hydrogens (tertiary/aromatic N) is 3. The highest BCUT2D eigenvalue weighted by Crippen LogP contribution is 2.30. The van der Waals surface area contributed by atoms with Crippen LogP contribution in [0.2, 0.25) is 10.0 Å². The van der Waals surface area contributed by atoms with Crippen LogP contribution in [0.3, 0.4) is 0 Å². The summed E-state index contributed by atoms with van der Waals surface area (Å²) in [5.41, 5.74) is 2.25. The third kappa shape index (κ3) is 4.47. The highest BCUT2D eigenvalue weighted by Gasteiger charge is 2.14. The van der Waals surface area contributed by atoms with E-state index in [0.29, 0.717) is 33.9 Å². The molecule has 0 aliphatic rings. The van der Waals surface area contributed by atoms with Gasteiger partial charge in [-0.3, -0.25) is 9.78 Å². The number of hydrogen-bond donors (Lipinski definition) is 2. The summed E-state index contributed by atoms with van der Waals surface area (Å²) in [6, 6.07) is 10.4. The van der Waals surface area contributed by atoms with Gasteiger partial charge in [-0.05, 0) is 42.8 Å². The fraction of sp³-hybridized carbons (Fsp3) is 0.111. The second-order valence-electron chi connectivity index (χ2n) is 5.48. The summed E-state index contributed by atoms with van der Waals surface area (Å²) in [5, 5.41) is 6.50. The molecule has 1 aromatic carbocycles. The zero-order valence-electron chi connectivity index (χ0n) is 13.8. The molecule has 1 amide bonds. The number of pyridine rings is 1. The van der Waals surface area contributed by atoms with Crippen molar-refractivity contribution in [3.63, 3.8) is 0 Å². The summed E-state index contributed by atoms with van der Waals surface area (Å²) < 4.78 is 0. The van der Waals surface area contributed by atoms with Crippen molar-refractivity contribution >= 4 is 40.7 Å². The molecule has 6 nitrogen and oxygen atoms in total. The number of amides is 1. The maximum Gasteiger partial charge on any atom is 0.274 e. The first-order valence-corrected chi connectivity index (χ1v) is 8.52. The number of carbonyl (C=O) groups is 1. The molecule has 0 atom stereocenters. The molecule has 0 saturated carbocycles. The number of hydrogen-bond acceptors (Lipinski definition) is 5. The van der Waals surface area contributed by atoms with Gasteiger partial charge in [0.1, 0.15) is 5.69 Å². The lowest BCUT2D eigenvalue weighted by Crippen LogP contribution is -2.16. The lowest BCUT2D eigenvalue weighted by Gasteiger charge is -2.11. The molecular weight excluding hydrogens is 373 g/mol. The highest BCUT2D eigenvalue weighted by molar-refractivity contribution is 6.40. The van der Waals surface area contributed by atoms with Gasteiger partial charge >= 0.3 is 0 Å². The third-order valence-electron chi connectivity index (χ3n) is 3.49. The van der Waals surface area contributed by atoms with Crippen LogP contribution < -0.4 is 10.6 Å². The number of rotatable bonds is 5. The Morgan fingerprint density at radius 2 is 1.77 bits per heavy atom. The van der Waals surface area contributed by atoms with Crippen molar-refractivity contribution in [1.29, 1.82) is 0 Å². The van der Waals surface area contributed by atoms with E-state index in [4.69, 9.17) is 23.2 Å². The van der Waals surface area contributed by atoms with Gasteiger partial charge in [-0.25, -0.2) is 9.97 Å². The van der Waals surface area contributed by atoms with Crippen LogP contribution in [0.1, 0.15) is 21.7 Å². The molecule has 3 aromatic rings. The fourth-order valence-electron chi connectivity index (χ4n) is 2.24. The first-order valence-electron chi connectivity index (χ1n) is 7.77. The molecule has 0 fully saturated rings. The maximum atomic E-state index is 12.5. The Bertz CT molecular complexity index is 914. The predicted octanol–water partition coefficient (Wildman–Crippen LogP) is 4.35. The molecule has 3 rings (SSSR count). The van der Waals surface area contributed by atoms with Crippen molar-refractivity contribution in [1.82, 2.24) is 15.0 Å². The molecule has 2 heterocycles. The number of anilines is 2. The number of halogens is 2. The van der Waals surface area contributed by atoms with Crippen molar-refractivity contribution in [2.24, 2.45) is 0 Å². The van der Waals surface area contributed by atoms with E-state index in [1.807, 2.05) is 12.1 Å². The molecule has 8 heteroatoms. The van der Waals surface area contributed by atoms with Crippen LogP contribution in [0.15, 0.2) is 48.8 Å². The normalized spacial score (nSPS) is 10.4. The van der Waals surface area contributed by atoms with Crippen molar-refractivity contribution in [2.75, 3.05) is 10.6 Å². The number of benzene rings is 1. The van der Waals surface area contributed by atoms with E-state index in [-0.39, 0.29) is 5.69 Å². The van der Waals surface area contributed by atoms with Crippen molar-refractivity contribution in [3.8, 4) is 0 Å². The van der Waals surface area contributed by atoms with Crippen LogP contribution in [0, 0.1) is 6.92 Å². The standard InChI is InChI=1S/C18H15Cl2N5O/c1-11-9-15(17(26)25-16-13(19)3-2-4-14(16)20)24-18(23-11)22-10-12-5-7-21-8-6-12/h2-9H,10H2,1H3,(H,25,26)(H,22,23,24). The minimum Gasteiger partial charge on any atom is -0.350 e. The average molecular weight is 388 g/mol. The minimum absolute atomic E-state index is 0.214. The molecule has 0 aliphatic heterocycles. The van der Waals surface area contributed by atoms with E-state index < -0.39 is 5.91 Å². The van der Waals surface area contributed by atoms with E-state index in [1.165, 1.54) is 0 Å². The molecule has 2 aromatic heterocycles. The topological polar surface area (TPSA) is 79.8 Å². The number of aromatic nitrogens is 3. The van der Waals surface area contributed by atoms with E-state index in [9.17, 15) is 4.79 Å². The molecule has 26 heavy (non-hydrogen) atoms. The van der Waals surface area contributed by atoms with Gasteiger partial charge in [-0.2, -0.15) is 0 Å². The molecule has 0 bridgehead atoms. The number of carbonyl (C=O) groups excluding carboxylic acids is 1. The lowest BCUT2D eigenvalue weighted by molar-refractivity contribution is 0.102. The Hall–Kier alpha value is -2.70. The second-order valence-corrected chi connectivity index (χ2v) is 6.29. The molecule has 132 valence electrons. The summed E-state index contributed by atoms with van der Waals surface area (Å²) in [4.78, 5) is 25.1. The van der Waals surface area contributed by atoms with E-state index in [2.05, 4.69) is 25.6 Å². The van der Waals surface area contributed by atoms with E-state index in [1.54, 1.807) is 43.6 Å². The smallest absolute Gasteiger partial charge is 0.274 e. The van der Waals surface area contributed by atoms with Crippen molar-refractivity contribution < 1.29 is 4.79 Å². The van der Waals surface area contributed by atoms with Crippen LogP contribution in [-0.2, 0) is 6.54 Å². The molecule has 2 N–H and O–H groups in total. The van der Waals surface area contributed by atoms with Crippen LogP contribution in [0.5, 0.6) is 0 Å². The highest BCUT2D eigenvalue weighted by atomic mass is 35.5. The Labute approximate surface area is 160 Å². The maximum absolute atomic E-state index is 12.5. The summed E-state index contributed by atoms with van der Waals surface area (Å²) in [6.07, 6.45) is 3.42. The van der Waals surface area contributed by atoms with Gasteiger partial charge in [0.25, 0.3) is 5.91 Å². The average Bonchev–Trinajstić information content (AvgIpc) is 2.63. The van der Waals surface area contributed by atoms with Crippen molar-refractivity contribution in [2.45, 2.75) is 13.5 Å². The van der Waals surface area contributed by atoms with Crippen LogP contribution in [0.4, 0.5) is 11.6 Å². The van der Waals surface area contributed by atoms with Gasteiger partial charge < -0.3 is 10.6 Å². The molecular formula is C18H15Cl2N5O. The Kier molecular flexibility index (Phi) is 5.65. The summed E-state index contributed by atoms with van der Waals surface area (Å²) in [7, 11) is 0.